The second-order valence-electron chi connectivity index (χ2n) is 5.17. The van der Waals surface area contributed by atoms with Crippen molar-refractivity contribution in [2.24, 2.45) is 0 Å². The number of pyridine rings is 1. The van der Waals surface area contributed by atoms with E-state index >= 15 is 0 Å². The van der Waals surface area contributed by atoms with Crippen molar-refractivity contribution in [2.45, 2.75) is 43.5 Å². The van der Waals surface area contributed by atoms with E-state index in [2.05, 4.69) is 36.4 Å². The molecule has 1 heterocycles. The Kier molecular flexibility index (Phi) is 6.19. The van der Waals surface area contributed by atoms with E-state index in [1.165, 1.54) is 0 Å². The van der Waals surface area contributed by atoms with E-state index in [4.69, 9.17) is 0 Å². The van der Waals surface area contributed by atoms with Crippen LogP contribution in [0, 0.1) is 0 Å². The third-order valence-corrected chi connectivity index (χ3v) is 3.12. The van der Waals surface area contributed by atoms with E-state index < -0.39 is 19.0 Å². The molecule has 0 unspecified atom stereocenters. The number of alkyl halides is 2. The van der Waals surface area contributed by atoms with Crippen molar-refractivity contribution in [2.75, 3.05) is 6.54 Å². The monoisotopic (exact) mass is 303 g/mol. The summed E-state index contributed by atoms with van der Waals surface area (Å²) in [6, 6.07) is 3.05. The van der Waals surface area contributed by atoms with Crippen LogP contribution in [0.4, 0.5) is 13.6 Å². The molecule has 1 aromatic rings. The predicted octanol–water partition coefficient (Wildman–Crippen LogP) is 3.04. The number of aromatic nitrogens is 1. The van der Waals surface area contributed by atoms with E-state index in [9.17, 15) is 13.6 Å². The molecule has 0 aromatic carbocycles. The van der Waals surface area contributed by atoms with Gasteiger partial charge in [-0.2, -0.15) is 0 Å². The van der Waals surface area contributed by atoms with Crippen LogP contribution in [0.25, 0.3) is 0 Å². The molecule has 20 heavy (non-hydrogen) atoms. The normalized spacial score (nSPS) is 11.5. The number of nitrogens with one attached hydrogen (secondary N) is 2. The van der Waals surface area contributed by atoms with Gasteiger partial charge in [0, 0.05) is 17.5 Å². The van der Waals surface area contributed by atoms with E-state index in [0.29, 0.717) is 0 Å². The van der Waals surface area contributed by atoms with E-state index in [-0.39, 0.29) is 11.3 Å². The van der Waals surface area contributed by atoms with E-state index in [1.807, 2.05) is 6.07 Å². The highest BCUT2D eigenvalue weighted by Crippen LogP contribution is 2.30. The fourth-order valence-electron chi connectivity index (χ4n) is 1.34. The van der Waals surface area contributed by atoms with Gasteiger partial charge in [0.05, 0.1) is 11.6 Å². The van der Waals surface area contributed by atoms with Crippen molar-refractivity contribution in [1.82, 2.24) is 15.6 Å². The smallest absolute Gasteiger partial charge is 0.315 e. The number of halogens is 2. The molecule has 2 amide bonds. The molecule has 0 aliphatic heterocycles. The van der Waals surface area contributed by atoms with Gasteiger partial charge in [-0.1, -0.05) is 20.8 Å². The molecule has 2 N–H and O–H groups in total. The molecule has 0 saturated carbocycles. The highest BCUT2D eigenvalue weighted by Gasteiger charge is 2.13. The second kappa shape index (κ2) is 7.42. The number of hydrogen-bond donors (Lipinski definition) is 2. The number of amides is 2. The first-order valence-corrected chi connectivity index (χ1v) is 7.02. The van der Waals surface area contributed by atoms with Crippen LogP contribution in [0.5, 0.6) is 0 Å². The van der Waals surface area contributed by atoms with Gasteiger partial charge in [-0.15, -0.1) is 11.8 Å². The molecule has 0 saturated heterocycles. The zero-order valence-electron chi connectivity index (χ0n) is 11.7. The van der Waals surface area contributed by atoms with Crippen molar-refractivity contribution < 1.29 is 13.6 Å². The lowest BCUT2D eigenvalue weighted by atomic mass is 10.2. The van der Waals surface area contributed by atoms with Gasteiger partial charge < -0.3 is 10.6 Å². The SMILES string of the molecule is CC(C)(C)Sc1cc(CNC(=O)NCC(F)F)ccn1. The Morgan fingerprint density at radius 3 is 2.70 bits per heavy atom. The summed E-state index contributed by atoms with van der Waals surface area (Å²) in [5, 5.41) is 5.47. The van der Waals surface area contributed by atoms with Crippen LogP contribution in [0.1, 0.15) is 26.3 Å². The largest absolute Gasteiger partial charge is 0.334 e. The third kappa shape index (κ3) is 7.28. The summed E-state index contributed by atoms with van der Waals surface area (Å²) in [4.78, 5) is 15.5. The van der Waals surface area contributed by atoms with Gasteiger partial charge in [0.15, 0.2) is 0 Å². The number of nitrogens with zero attached hydrogens (tertiary/aromatic N) is 1. The van der Waals surface area contributed by atoms with Gasteiger partial charge in [0.1, 0.15) is 0 Å². The molecule has 0 fully saturated rings. The lowest BCUT2D eigenvalue weighted by Crippen LogP contribution is -2.37. The first-order valence-electron chi connectivity index (χ1n) is 6.20. The molecule has 112 valence electrons. The zero-order chi connectivity index (χ0) is 15.2. The molecule has 0 atom stereocenters. The van der Waals surface area contributed by atoms with Gasteiger partial charge >= 0.3 is 6.03 Å². The summed E-state index contributed by atoms with van der Waals surface area (Å²) in [7, 11) is 0. The molecule has 0 spiro atoms. The minimum atomic E-state index is -2.54. The second-order valence-corrected chi connectivity index (χ2v) is 7.02. The van der Waals surface area contributed by atoms with Crippen LogP contribution in [-0.4, -0.2) is 28.7 Å². The fraction of sp³-hybridized carbons (Fsp3) is 0.538. The summed E-state index contributed by atoms with van der Waals surface area (Å²) < 4.78 is 23.9. The van der Waals surface area contributed by atoms with Crippen molar-refractivity contribution in [3.63, 3.8) is 0 Å². The number of hydrogen-bond acceptors (Lipinski definition) is 3. The Labute approximate surface area is 121 Å². The first kappa shape index (κ1) is 16.7. The molecule has 1 aromatic heterocycles. The number of carbonyl (C=O) groups excluding carboxylic acids is 1. The van der Waals surface area contributed by atoms with Crippen LogP contribution in [-0.2, 0) is 6.54 Å². The van der Waals surface area contributed by atoms with Gasteiger partial charge in [-0.3, -0.25) is 0 Å². The topological polar surface area (TPSA) is 54.0 Å². The molecule has 7 heteroatoms. The minimum Gasteiger partial charge on any atom is -0.334 e. The summed E-state index contributed by atoms with van der Waals surface area (Å²) in [6.45, 7) is 5.88. The molecule has 0 bridgehead atoms. The highest BCUT2D eigenvalue weighted by atomic mass is 32.2. The average Bonchev–Trinajstić information content (AvgIpc) is 2.32. The summed E-state index contributed by atoms with van der Waals surface area (Å²) in [5.41, 5.74) is 0.874. The van der Waals surface area contributed by atoms with Gasteiger partial charge in [-0.25, -0.2) is 18.6 Å². The quantitative estimate of drug-likeness (QED) is 0.822. The maximum atomic E-state index is 11.9. The average molecular weight is 303 g/mol. The van der Waals surface area contributed by atoms with Gasteiger partial charge in [-0.05, 0) is 17.7 Å². The molecule has 0 radical (unpaired) electrons. The van der Waals surface area contributed by atoms with E-state index in [0.717, 1.165) is 10.6 Å². The maximum Gasteiger partial charge on any atom is 0.315 e. The summed E-state index contributed by atoms with van der Waals surface area (Å²) in [6.07, 6.45) is -0.876. The lowest BCUT2D eigenvalue weighted by Gasteiger charge is -2.17. The van der Waals surface area contributed by atoms with Crippen LogP contribution in [0.15, 0.2) is 23.4 Å². The minimum absolute atomic E-state index is 0.0493. The third-order valence-electron chi connectivity index (χ3n) is 2.08. The van der Waals surface area contributed by atoms with Crippen LogP contribution in [0.3, 0.4) is 0 Å². The number of thioether (sulfide) groups is 1. The van der Waals surface area contributed by atoms with Gasteiger partial charge in [0.25, 0.3) is 6.43 Å². The predicted molar refractivity (Wildman–Crippen MR) is 76.1 cm³/mol. The Bertz CT molecular complexity index is 449. The number of urea groups is 1. The Morgan fingerprint density at radius 1 is 1.40 bits per heavy atom. The van der Waals surface area contributed by atoms with Gasteiger partial charge in [0.2, 0.25) is 0 Å². The van der Waals surface area contributed by atoms with Crippen molar-refractivity contribution in [1.29, 1.82) is 0 Å². The molecular weight excluding hydrogens is 284 g/mol. The van der Waals surface area contributed by atoms with Crippen LogP contribution in [0.2, 0.25) is 0 Å². The van der Waals surface area contributed by atoms with Crippen molar-refractivity contribution in [3.8, 4) is 0 Å². The highest BCUT2D eigenvalue weighted by molar-refractivity contribution is 8.00. The van der Waals surface area contributed by atoms with Crippen LogP contribution >= 0.6 is 11.8 Å². The Hall–Kier alpha value is -1.37. The first-order chi connectivity index (χ1) is 9.26. The Morgan fingerprint density at radius 2 is 2.10 bits per heavy atom. The lowest BCUT2D eigenvalue weighted by molar-refractivity contribution is 0.146. The summed E-state index contributed by atoms with van der Waals surface area (Å²) >= 11 is 1.62. The number of rotatable bonds is 5. The Balaban J connectivity index is 2.48. The molecular formula is C13H19F2N3OS. The molecule has 1 rings (SSSR count). The molecule has 0 aliphatic rings. The molecule has 4 nitrogen and oxygen atoms in total. The van der Waals surface area contributed by atoms with Crippen molar-refractivity contribution in [3.05, 3.63) is 23.9 Å². The zero-order valence-corrected chi connectivity index (χ0v) is 12.6. The maximum absolute atomic E-state index is 11.9. The van der Waals surface area contributed by atoms with Crippen molar-refractivity contribution >= 4 is 17.8 Å². The number of carbonyl (C=O) groups is 1. The summed E-state index contributed by atoms with van der Waals surface area (Å²) in [5.74, 6) is 0. The van der Waals surface area contributed by atoms with Crippen LogP contribution < -0.4 is 10.6 Å². The van der Waals surface area contributed by atoms with E-state index in [1.54, 1.807) is 24.0 Å². The molecule has 0 aliphatic carbocycles. The standard InChI is InChI=1S/C13H19F2N3OS/c1-13(2,3)20-11-6-9(4-5-16-11)7-17-12(19)18-8-10(14)15/h4-6,10H,7-8H2,1-3H3,(H2,17,18,19). The fourth-order valence-corrected chi connectivity index (χ4v) is 2.30.